The number of carbonyl (C=O) groups excluding carboxylic acids is 1. The van der Waals surface area contributed by atoms with Gasteiger partial charge in [0.05, 0.1) is 21.3 Å². The van der Waals surface area contributed by atoms with Crippen LogP contribution in [0.25, 0.3) is 10.9 Å². The fraction of sp³-hybridized carbons (Fsp3) is 0.348. The summed E-state index contributed by atoms with van der Waals surface area (Å²) in [6.07, 6.45) is 3.97. The van der Waals surface area contributed by atoms with E-state index in [0.29, 0.717) is 23.0 Å². The Morgan fingerprint density at radius 2 is 1.72 bits per heavy atom. The molecule has 6 heteroatoms. The minimum atomic E-state index is 0.0324. The molecule has 0 atom stereocenters. The van der Waals surface area contributed by atoms with Crippen LogP contribution >= 0.6 is 0 Å². The van der Waals surface area contributed by atoms with Gasteiger partial charge in [0.1, 0.15) is 5.75 Å². The Morgan fingerprint density at radius 3 is 2.41 bits per heavy atom. The molecule has 1 aromatic heterocycles. The van der Waals surface area contributed by atoms with Crippen LogP contribution in [0.5, 0.6) is 17.2 Å². The molecule has 1 N–H and O–H groups in total. The number of hydrogen-bond acceptors (Lipinski definition) is 4. The summed E-state index contributed by atoms with van der Waals surface area (Å²) in [6.45, 7) is 1.46. The van der Waals surface area contributed by atoms with Crippen molar-refractivity contribution >= 4 is 16.8 Å². The highest BCUT2D eigenvalue weighted by atomic mass is 16.5. The molecule has 152 valence electrons. The summed E-state index contributed by atoms with van der Waals surface area (Å²) < 4.78 is 16.0. The van der Waals surface area contributed by atoms with Crippen LogP contribution in [0.3, 0.4) is 0 Å². The van der Waals surface area contributed by atoms with E-state index >= 15 is 0 Å². The predicted molar refractivity (Wildman–Crippen MR) is 112 cm³/mol. The molecule has 0 radical (unpaired) electrons. The lowest BCUT2D eigenvalue weighted by Gasteiger charge is -2.32. The molecule has 3 aromatic rings. The molecule has 4 rings (SSSR count). The van der Waals surface area contributed by atoms with E-state index in [0.717, 1.165) is 37.2 Å². The molecule has 1 saturated heterocycles. The predicted octanol–water partition coefficient (Wildman–Crippen LogP) is 4.21. The first-order valence-corrected chi connectivity index (χ1v) is 9.81. The SMILES string of the molecule is COc1ccc2[nH]cc(C3CCN(C(=O)c4ccc(OC)c(OC)c4)CC3)c2c1. The molecule has 1 fully saturated rings. The van der Waals surface area contributed by atoms with Gasteiger partial charge in [-0.2, -0.15) is 0 Å². The molecule has 0 spiro atoms. The number of nitrogens with zero attached hydrogens (tertiary/aromatic N) is 1. The van der Waals surface area contributed by atoms with Gasteiger partial charge in [0.25, 0.3) is 5.91 Å². The second-order valence-electron chi connectivity index (χ2n) is 7.29. The molecule has 1 amide bonds. The van der Waals surface area contributed by atoms with Crippen LogP contribution in [0.4, 0.5) is 0 Å². The number of aromatic nitrogens is 1. The lowest BCUT2D eigenvalue weighted by molar-refractivity contribution is 0.0713. The van der Waals surface area contributed by atoms with E-state index in [2.05, 4.69) is 17.2 Å². The van der Waals surface area contributed by atoms with Gasteiger partial charge in [-0.3, -0.25) is 4.79 Å². The van der Waals surface area contributed by atoms with Crippen LogP contribution in [0.1, 0.15) is 34.7 Å². The fourth-order valence-electron chi connectivity index (χ4n) is 4.13. The van der Waals surface area contributed by atoms with Crippen LogP contribution in [0, 0.1) is 0 Å². The Kier molecular flexibility index (Phi) is 5.34. The second-order valence-corrected chi connectivity index (χ2v) is 7.29. The van der Waals surface area contributed by atoms with Crippen molar-refractivity contribution in [2.24, 2.45) is 0 Å². The molecule has 1 aliphatic rings. The third-order valence-corrected chi connectivity index (χ3v) is 5.77. The van der Waals surface area contributed by atoms with Crippen molar-refractivity contribution in [1.82, 2.24) is 9.88 Å². The number of carbonyl (C=O) groups is 1. The van der Waals surface area contributed by atoms with Crippen molar-refractivity contribution in [2.45, 2.75) is 18.8 Å². The first-order chi connectivity index (χ1) is 14.1. The number of aromatic amines is 1. The summed E-state index contributed by atoms with van der Waals surface area (Å²) in [7, 11) is 4.85. The third-order valence-electron chi connectivity index (χ3n) is 5.77. The molecule has 0 bridgehead atoms. The Hall–Kier alpha value is -3.15. The zero-order chi connectivity index (χ0) is 20.4. The number of fused-ring (bicyclic) bond motifs is 1. The molecular weight excluding hydrogens is 368 g/mol. The quantitative estimate of drug-likeness (QED) is 0.704. The van der Waals surface area contributed by atoms with E-state index in [1.807, 2.05) is 17.0 Å². The van der Waals surface area contributed by atoms with E-state index in [9.17, 15) is 4.79 Å². The van der Waals surface area contributed by atoms with E-state index in [4.69, 9.17) is 14.2 Å². The normalized spacial score (nSPS) is 14.8. The largest absolute Gasteiger partial charge is 0.497 e. The topological polar surface area (TPSA) is 63.8 Å². The number of nitrogens with one attached hydrogen (secondary N) is 1. The minimum Gasteiger partial charge on any atom is -0.497 e. The number of amides is 1. The van der Waals surface area contributed by atoms with Crippen molar-refractivity contribution in [3.05, 3.63) is 53.7 Å². The van der Waals surface area contributed by atoms with Gasteiger partial charge in [-0.05, 0) is 60.7 Å². The summed E-state index contributed by atoms with van der Waals surface area (Å²) in [4.78, 5) is 18.2. The number of hydrogen-bond donors (Lipinski definition) is 1. The highest BCUT2D eigenvalue weighted by molar-refractivity contribution is 5.95. The number of piperidine rings is 1. The Bertz CT molecular complexity index is 1020. The molecule has 0 aliphatic carbocycles. The van der Waals surface area contributed by atoms with Crippen LogP contribution in [0.15, 0.2) is 42.6 Å². The standard InChI is InChI=1S/C23H26N2O4/c1-27-17-5-6-20-18(13-17)19(14-24-20)15-8-10-25(11-9-15)23(26)16-4-7-21(28-2)22(12-16)29-3/h4-7,12-15,24H,8-11H2,1-3H3. The maximum atomic E-state index is 13.0. The van der Waals surface area contributed by atoms with Gasteiger partial charge >= 0.3 is 0 Å². The lowest BCUT2D eigenvalue weighted by Crippen LogP contribution is -2.37. The molecule has 29 heavy (non-hydrogen) atoms. The van der Waals surface area contributed by atoms with E-state index in [1.54, 1.807) is 39.5 Å². The van der Waals surface area contributed by atoms with Gasteiger partial charge in [0.15, 0.2) is 11.5 Å². The second kappa shape index (κ2) is 8.07. The number of rotatable bonds is 5. The Balaban J connectivity index is 1.48. The van der Waals surface area contributed by atoms with Crippen LogP contribution in [0.2, 0.25) is 0 Å². The van der Waals surface area contributed by atoms with Crippen LogP contribution in [-0.2, 0) is 0 Å². The van der Waals surface area contributed by atoms with Gasteiger partial charge in [-0.25, -0.2) is 0 Å². The third kappa shape index (κ3) is 3.62. The average Bonchev–Trinajstić information content (AvgIpc) is 3.21. The Morgan fingerprint density at radius 1 is 0.966 bits per heavy atom. The lowest BCUT2D eigenvalue weighted by atomic mass is 9.89. The molecular formula is C23H26N2O4. The van der Waals surface area contributed by atoms with Crippen molar-refractivity contribution in [3.63, 3.8) is 0 Å². The van der Waals surface area contributed by atoms with Crippen molar-refractivity contribution in [1.29, 1.82) is 0 Å². The maximum absolute atomic E-state index is 13.0. The Labute approximate surface area is 170 Å². The van der Waals surface area contributed by atoms with Gasteiger partial charge in [-0.15, -0.1) is 0 Å². The van der Waals surface area contributed by atoms with Crippen molar-refractivity contribution < 1.29 is 19.0 Å². The summed E-state index contributed by atoms with van der Waals surface area (Å²) in [5.41, 5.74) is 3.04. The first kappa shape index (κ1) is 19.2. The van der Waals surface area contributed by atoms with Crippen LogP contribution < -0.4 is 14.2 Å². The van der Waals surface area contributed by atoms with E-state index < -0.39 is 0 Å². The van der Waals surface area contributed by atoms with Gasteiger partial charge in [0, 0.05) is 35.8 Å². The summed E-state index contributed by atoms with van der Waals surface area (Å²) in [5, 5.41) is 1.20. The number of methoxy groups -OCH3 is 3. The van der Waals surface area contributed by atoms with Crippen molar-refractivity contribution in [3.8, 4) is 17.2 Å². The average molecular weight is 394 g/mol. The summed E-state index contributed by atoms with van der Waals surface area (Å²) in [5.74, 6) is 2.51. The molecule has 2 aromatic carbocycles. The van der Waals surface area contributed by atoms with E-state index in [1.165, 1.54) is 10.9 Å². The highest BCUT2D eigenvalue weighted by Gasteiger charge is 2.26. The fourth-order valence-corrected chi connectivity index (χ4v) is 4.13. The van der Waals surface area contributed by atoms with Gasteiger partial charge < -0.3 is 24.1 Å². The zero-order valence-electron chi connectivity index (χ0n) is 17.0. The minimum absolute atomic E-state index is 0.0324. The number of ether oxygens (including phenoxy) is 3. The number of likely N-dealkylation sites (tertiary alicyclic amines) is 1. The molecule has 2 heterocycles. The van der Waals surface area contributed by atoms with Crippen molar-refractivity contribution in [2.75, 3.05) is 34.4 Å². The highest BCUT2D eigenvalue weighted by Crippen LogP contribution is 2.35. The summed E-state index contributed by atoms with van der Waals surface area (Å²) >= 11 is 0. The molecule has 1 aliphatic heterocycles. The summed E-state index contributed by atoms with van der Waals surface area (Å²) in [6, 6.07) is 11.4. The monoisotopic (exact) mass is 394 g/mol. The number of benzene rings is 2. The molecule has 0 unspecified atom stereocenters. The smallest absolute Gasteiger partial charge is 0.253 e. The number of H-pyrrole nitrogens is 1. The van der Waals surface area contributed by atoms with Gasteiger partial charge in [0.2, 0.25) is 0 Å². The molecule has 0 saturated carbocycles. The van der Waals surface area contributed by atoms with Crippen LogP contribution in [-0.4, -0.2) is 50.2 Å². The zero-order valence-corrected chi connectivity index (χ0v) is 17.0. The molecule has 6 nitrogen and oxygen atoms in total. The first-order valence-electron chi connectivity index (χ1n) is 9.81. The van der Waals surface area contributed by atoms with E-state index in [-0.39, 0.29) is 5.91 Å². The van der Waals surface area contributed by atoms with Gasteiger partial charge in [-0.1, -0.05) is 0 Å². The maximum Gasteiger partial charge on any atom is 0.253 e.